The number of amides is 1. The topological polar surface area (TPSA) is 70.9 Å². The van der Waals surface area contributed by atoms with Gasteiger partial charge in [-0.1, -0.05) is 36.4 Å². The van der Waals surface area contributed by atoms with Crippen molar-refractivity contribution >= 4 is 17.2 Å². The minimum atomic E-state index is -0.370. The van der Waals surface area contributed by atoms with E-state index in [0.29, 0.717) is 11.5 Å². The van der Waals surface area contributed by atoms with E-state index in [1.54, 1.807) is 29.7 Å². The number of furan rings is 1. The maximum absolute atomic E-state index is 12.7. The lowest BCUT2D eigenvalue weighted by Crippen LogP contribution is -2.29. The van der Waals surface area contributed by atoms with Crippen LogP contribution >= 0.6 is 11.3 Å². The van der Waals surface area contributed by atoms with Crippen LogP contribution in [0.5, 0.6) is 0 Å². The molecule has 0 aliphatic carbocycles. The zero-order valence-corrected chi connectivity index (χ0v) is 14.0. The van der Waals surface area contributed by atoms with Gasteiger partial charge in [-0.15, -0.1) is 11.3 Å². The summed E-state index contributed by atoms with van der Waals surface area (Å²) in [4.78, 5) is 13.7. The van der Waals surface area contributed by atoms with E-state index >= 15 is 0 Å². The monoisotopic (exact) mass is 349 g/mol. The zero-order valence-electron chi connectivity index (χ0n) is 13.2. The Morgan fingerprint density at radius 2 is 2.00 bits per heavy atom. The number of benzene rings is 1. The predicted molar refractivity (Wildman–Crippen MR) is 96.4 cm³/mol. The van der Waals surface area contributed by atoms with Gasteiger partial charge in [0.15, 0.2) is 5.69 Å². The minimum absolute atomic E-state index is 0.260. The molecule has 25 heavy (non-hydrogen) atoms. The van der Waals surface area contributed by atoms with Crippen molar-refractivity contribution in [2.75, 3.05) is 0 Å². The molecule has 6 heteroatoms. The van der Waals surface area contributed by atoms with Gasteiger partial charge in [0.25, 0.3) is 5.91 Å². The Morgan fingerprint density at radius 3 is 2.72 bits per heavy atom. The Kier molecular flexibility index (Phi) is 4.18. The van der Waals surface area contributed by atoms with Crippen LogP contribution in [0.4, 0.5) is 0 Å². The minimum Gasteiger partial charge on any atom is -0.467 e. The molecule has 0 spiro atoms. The lowest BCUT2D eigenvalue weighted by Gasteiger charge is -2.16. The fraction of sp³-hybridized carbons (Fsp3) is 0.0526. The molecule has 124 valence electrons. The van der Waals surface area contributed by atoms with Gasteiger partial charge < -0.3 is 9.73 Å². The van der Waals surface area contributed by atoms with E-state index in [4.69, 9.17) is 4.42 Å². The van der Waals surface area contributed by atoms with E-state index in [2.05, 4.69) is 15.5 Å². The highest BCUT2D eigenvalue weighted by Gasteiger charge is 2.21. The standard InChI is InChI=1S/C19H15N3O2S/c23-19(15-12-14(21-22-15)17-9-5-11-25-17)20-18(16-8-4-10-24-16)13-6-2-1-3-7-13/h1-12,18H,(H,20,23)(H,21,22). The zero-order chi connectivity index (χ0) is 17.1. The molecule has 0 aliphatic heterocycles. The van der Waals surface area contributed by atoms with E-state index in [0.717, 1.165) is 16.1 Å². The Balaban J connectivity index is 1.59. The molecule has 0 saturated carbocycles. The quantitative estimate of drug-likeness (QED) is 0.566. The average molecular weight is 349 g/mol. The highest BCUT2D eigenvalue weighted by atomic mass is 32.1. The van der Waals surface area contributed by atoms with Gasteiger partial charge in [-0.3, -0.25) is 9.89 Å². The van der Waals surface area contributed by atoms with Crippen LogP contribution in [0.1, 0.15) is 27.9 Å². The van der Waals surface area contributed by atoms with Crippen LogP contribution in [0, 0.1) is 0 Å². The summed E-state index contributed by atoms with van der Waals surface area (Å²) in [5.74, 6) is 0.415. The van der Waals surface area contributed by atoms with Crippen molar-refractivity contribution in [1.82, 2.24) is 15.5 Å². The smallest absolute Gasteiger partial charge is 0.272 e. The van der Waals surface area contributed by atoms with Crippen LogP contribution in [-0.2, 0) is 0 Å². The van der Waals surface area contributed by atoms with E-state index < -0.39 is 0 Å². The second-order valence-corrected chi connectivity index (χ2v) is 6.42. The van der Waals surface area contributed by atoms with Crippen molar-refractivity contribution in [3.63, 3.8) is 0 Å². The molecule has 0 bridgehead atoms. The SMILES string of the molecule is O=C(NC(c1ccccc1)c1ccco1)c1cc(-c2cccs2)[nH]n1. The first-order valence-corrected chi connectivity index (χ1v) is 8.68. The summed E-state index contributed by atoms with van der Waals surface area (Å²) in [5, 5.41) is 12.0. The molecule has 3 aromatic heterocycles. The summed E-state index contributed by atoms with van der Waals surface area (Å²) in [7, 11) is 0. The van der Waals surface area contributed by atoms with Crippen LogP contribution in [0.15, 0.2) is 76.7 Å². The number of thiophene rings is 1. The molecular weight excluding hydrogens is 334 g/mol. The number of nitrogens with one attached hydrogen (secondary N) is 2. The molecule has 5 nitrogen and oxygen atoms in total. The van der Waals surface area contributed by atoms with Gasteiger partial charge in [0.05, 0.1) is 16.8 Å². The van der Waals surface area contributed by atoms with Crippen molar-refractivity contribution in [2.45, 2.75) is 6.04 Å². The second-order valence-electron chi connectivity index (χ2n) is 5.48. The Hall–Kier alpha value is -3.12. The van der Waals surface area contributed by atoms with Crippen LogP contribution in [0.2, 0.25) is 0 Å². The number of rotatable bonds is 5. The molecule has 1 unspecified atom stereocenters. The number of aromatic amines is 1. The van der Waals surface area contributed by atoms with Crippen molar-refractivity contribution in [1.29, 1.82) is 0 Å². The van der Waals surface area contributed by atoms with E-state index in [-0.39, 0.29) is 11.9 Å². The van der Waals surface area contributed by atoms with Gasteiger partial charge in [-0.2, -0.15) is 5.10 Å². The molecule has 0 fully saturated rings. The number of hydrogen-bond acceptors (Lipinski definition) is 4. The van der Waals surface area contributed by atoms with Gasteiger partial charge in [-0.25, -0.2) is 0 Å². The molecule has 4 aromatic rings. The number of hydrogen-bond donors (Lipinski definition) is 2. The lowest BCUT2D eigenvalue weighted by molar-refractivity contribution is 0.0934. The molecule has 2 N–H and O–H groups in total. The van der Waals surface area contributed by atoms with Crippen molar-refractivity contribution in [2.24, 2.45) is 0 Å². The van der Waals surface area contributed by atoms with Crippen LogP contribution in [-0.4, -0.2) is 16.1 Å². The number of H-pyrrole nitrogens is 1. The largest absolute Gasteiger partial charge is 0.467 e. The third-order valence-corrected chi connectivity index (χ3v) is 4.74. The lowest BCUT2D eigenvalue weighted by atomic mass is 10.0. The first-order valence-electron chi connectivity index (χ1n) is 7.80. The van der Waals surface area contributed by atoms with Crippen LogP contribution in [0.3, 0.4) is 0 Å². The van der Waals surface area contributed by atoms with Crippen LogP contribution in [0.25, 0.3) is 10.6 Å². The van der Waals surface area contributed by atoms with E-state index in [1.807, 2.05) is 53.9 Å². The van der Waals surface area contributed by atoms with Gasteiger partial charge in [0.2, 0.25) is 0 Å². The van der Waals surface area contributed by atoms with Crippen LogP contribution < -0.4 is 5.32 Å². The summed E-state index contributed by atoms with van der Waals surface area (Å²) >= 11 is 1.59. The summed E-state index contributed by atoms with van der Waals surface area (Å²) < 4.78 is 5.51. The summed E-state index contributed by atoms with van der Waals surface area (Å²) in [6, 6.07) is 18.7. The highest BCUT2D eigenvalue weighted by Crippen LogP contribution is 2.25. The Morgan fingerprint density at radius 1 is 1.12 bits per heavy atom. The van der Waals surface area contributed by atoms with Gasteiger partial charge in [0.1, 0.15) is 11.8 Å². The number of carbonyl (C=O) groups is 1. The molecule has 0 saturated heterocycles. The Labute approximate surface area is 148 Å². The third kappa shape index (κ3) is 3.25. The predicted octanol–water partition coefficient (Wildman–Crippen LogP) is 4.25. The number of aromatic nitrogens is 2. The maximum Gasteiger partial charge on any atom is 0.272 e. The molecule has 3 heterocycles. The van der Waals surface area contributed by atoms with Crippen molar-refractivity contribution in [3.05, 3.63) is 89.3 Å². The number of carbonyl (C=O) groups excluding carboxylic acids is 1. The first-order chi connectivity index (χ1) is 12.3. The second kappa shape index (κ2) is 6.78. The van der Waals surface area contributed by atoms with Gasteiger partial charge in [-0.05, 0) is 35.2 Å². The summed E-state index contributed by atoms with van der Waals surface area (Å²) in [6.07, 6.45) is 1.60. The molecule has 1 amide bonds. The molecule has 0 radical (unpaired) electrons. The fourth-order valence-electron chi connectivity index (χ4n) is 2.62. The summed E-state index contributed by atoms with van der Waals surface area (Å²) in [5.41, 5.74) is 2.12. The van der Waals surface area contributed by atoms with Gasteiger partial charge in [0, 0.05) is 0 Å². The highest BCUT2D eigenvalue weighted by molar-refractivity contribution is 7.13. The molecule has 1 atom stereocenters. The summed E-state index contributed by atoms with van der Waals surface area (Å²) in [6.45, 7) is 0. The van der Waals surface area contributed by atoms with E-state index in [9.17, 15) is 4.79 Å². The molecule has 0 aliphatic rings. The van der Waals surface area contributed by atoms with E-state index in [1.165, 1.54) is 0 Å². The normalized spacial score (nSPS) is 12.0. The first kappa shape index (κ1) is 15.4. The maximum atomic E-state index is 12.7. The molecule has 1 aromatic carbocycles. The van der Waals surface area contributed by atoms with Crippen molar-refractivity contribution < 1.29 is 9.21 Å². The third-order valence-electron chi connectivity index (χ3n) is 3.83. The molecular formula is C19H15N3O2S. The molecule has 4 rings (SSSR count). The fourth-order valence-corrected chi connectivity index (χ4v) is 3.31. The number of nitrogens with zero attached hydrogens (tertiary/aromatic N) is 1. The van der Waals surface area contributed by atoms with Gasteiger partial charge >= 0.3 is 0 Å². The Bertz CT molecular complexity index is 944. The average Bonchev–Trinajstić information content (AvgIpc) is 3.42. The van der Waals surface area contributed by atoms with Crippen molar-refractivity contribution in [3.8, 4) is 10.6 Å².